The fourth-order valence-electron chi connectivity index (χ4n) is 2.32. The summed E-state index contributed by atoms with van der Waals surface area (Å²) in [4.78, 5) is 7.75. The fraction of sp³-hybridized carbons (Fsp3) is 0.111. The molecule has 152 valence electrons. The van der Waals surface area contributed by atoms with Crippen LogP contribution in [-0.2, 0) is 12.4 Å². The molecular weight excluding hydrogens is 420 g/mol. The van der Waals surface area contributed by atoms with Crippen LogP contribution in [0.2, 0.25) is 0 Å². The van der Waals surface area contributed by atoms with Crippen LogP contribution in [0.5, 0.6) is 5.75 Å². The zero-order chi connectivity index (χ0) is 21.4. The normalized spacial score (nSPS) is 12.2. The van der Waals surface area contributed by atoms with Crippen LogP contribution in [0.3, 0.4) is 0 Å². The van der Waals surface area contributed by atoms with Crippen molar-refractivity contribution in [3.8, 4) is 17.0 Å². The lowest BCUT2D eigenvalue weighted by Crippen LogP contribution is -2.11. The molecular formula is C18H11F6N3OS. The monoisotopic (exact) mass is 431 g/mol. The molecule has 3 rings (SSSR count). The van der Waals surface area contributed by atoms with Gasteiger partial charge in [-0.2, -0.15) is 26.3 Å². The minimum Gasteiger partial charge on any atom is -0.508 e. The zero-order valence-corrected chi connectivity index (χ0v) is 15.0. The van der Waals surface area contributed by atoms with Crippen molar-refractivity contribution in [3.63, 3.8) is 0 Å². The van der Waals surface area contributed by atoms with Gasteiger partial charge in [-0.25, -0.2) is 9.97 Å². The topological polar surface area (TPSA) is 72.0 Å². The summed E-state index contributed by atoms with van der Waals surface area (Å²) in [5.41, 5.74) is 3.65. The molecule has 0 unspecified atom stereocenters. The number of nitrogens with two attached hydrogens (primary N) is 1. The molecule has 1 heterocycles. The maximum absolute atomic E-state index is 13.0. The number of halogens is 6. The van der Waals surface area contributed by atoms with Crippen molar-refractivity contribution in [1.29, 1.82) is 0 Å². The predicted molar refractivity (Wildman–Crippen MR) is 94.1 cm³/mol. The van der Waals surface area contributed by atoms with Crippen LogP contribution in [-0.4, -0.2) is 15.1 Å². The van der Waals surface area contributed by atoms with Crippen LogP contribution < -0.4 is 5.73 Å². The second-order valence-corrected chi connectivity index (χ2v) is 6.90. The van der Waals surface area contributed by atoms with E-state index < -0.39 is 23.5 Å². The summed E-state index contributed by atoms with van der Waals surface area (Å²) in [7, 11) is 0. The quantitative estimate of drug-likeness (QED) is 0.527. The van der Waals surface area contributed by atoms with Crippen molar-refractivity contribution in [2.45, 2.75) is 22.3 Å². The Kier molecular flexibility index (Phi) is 5.35. The summed E-state index contributed by atoms with van der Waals surface area (Å²) >= 11 is 0.539. The molecule has 3 aromatic rings. The first-order chi connectivity index (χ1) is 13.4. The Morgan fingerprint density at radius 2 is 1.41 bits per heavy atom. The maximum Gasteiger partial charge on any atom is 0.416 e. The highest BCUT2D eigenvalue weighted by atomic mass is 32.2. The SMILES string of the molecule is Nc1ncc(-c2ccc(O)cc2)nc1Sc1cc(C(F)(F)F)cc(C(F)(F)F)c1. The average molecular weight is 431 g/mol. The Labute approximate surface area is 164 Å². The molecule has 1 aromatic heterocycles. The molecule has 3 N–H and O–H groups in total. The zero-order valence-electron chi connectivity index (χ0n) is 14.2. The smallest absolute Gasteiger partial charge is 0.416 e. The standard InChI is InChI=1S/C18H11F6N3OS/c19-17(20,21)10-5-11(18(22,23)24)7-13(6-10)29-16-15(25)26-8-14(27-16)9-1-3-12(28)4-2-9/h1-8,28H,(H2,25,26). The molecule has 11 heteroatoms. The number of alkyl halides is 6. The van der Waals surface area contributed by atoms with E-state index in [2.05, 4.69) is 9.97 Å². The number of benzene rings is 2. The van der Waals surface area contributed by atoms with Gasteiger partial charge in [0.2, 0.25) is 0 Å². The van der Waals surface area contributed by atoms with Crippen LogP contribution in [0, 0.1) is 0 Å². The fourth-order valence-corrected chi connectivity index (χ4v) is 3.22. The van der Waals surface area contributed by atoms with E-state index in [1.165, 1.54) is 30.5 Å². The number of nitrogen functional groups attached to an aromatic ring is 1. The van der Waals surface area contributed by atoms with Crippen LogP contribution >= 0.6 is 11.8 Å². The van der Waals surface area contributed by atoms with Crippen LogP contribution in [0.25, 0.3) is 11.3 Å². The van der Waals surface area contributed by atoms with E-state index in [0.29, 0.717) is 29.5 Å². The third-order valence-electron chi connectivity index (χ3n) is 3.71. The van der Waals surface area contributed by atoms with Crippen LogP contribution in [0.15, 0.2) is 58.6 Å². The third kappa shape index (κ3) is 4.91. The largest absolute Gasteiger partial charge is 0.508 e. The van der Waals surface area contributed by atoms with Gasteiger partial charge < -0.3 is 10.8 Å². The van der Waals surface area contributed by atoms with E-state index >= 15 is 0 Å². The lowest BCUT2D eigenvalue weighted by Gasteiger charge is -2.14. The van der Waals surface area contributed by atoms with Crippen LogP contribution in [0.4, 0.5) is 32.2 Å². The number of aromatic nitrogens is 2. The Hall–Kier alpha value is -2.95. The van der Waals surface area contributed by atoms with Gasteiger partial charge in [-0.15, -0.1) is 0 Å². The first-order valence-electron chi connectivity index (χ1n) is 7.83. The molecule has 4 nitrogen and oxygen atoms in total. The number of aromatic hydroxyl groups is 1. The highest BCUT2D eigenvalue weighted by Gasteiger charge is 2.37. The molecule has 2 aromatic carbocycles. The summed E-state index contributed by atoms with van der Waals surface area (Å²) in [5.74, 6) is -0.140. The lowest BCUT2D eigenvalue weighted by molar-refractivity contribution is -0.143. The second-order valence-electron chi connectivity index (χ2n) is 5.84. The number of hydrogen-bond acceptors (Lipinski definition) is 5. The Morgan fingerprint density at radius 1 is 0.862 bits per heavy atom. The number of phenols is 1. The van der Waals surface area contributed by atoms with Gasteiger partial charge >= 0.3 is 12.4 Å². The molecule has 0 atom stereocenters. The van der Waals surface area contributed by atoms with Crippen molar-refractivity contribution in [2.75, 3.05) is 5.73 Å². The molecule has 0 aliphatic carbocycles. The molecule has 0 radical (unpaired) electrons. The summed E-state index contributed by atoms with van der Waals surface area (Å²) in [6, 6.07) is 7.06. The van der Waals surface area contributed by atoms with E-state index in [4.69, 9.17) is 5.73 Å². The molecule has 0 fully saturated rings. The molecule has 0 amide bonds. The van der Waals surface area contributed by atoms with E-state index in [0.717, 1.165) is 0 Å². The van der Waals surface area contributed by atoms with Gasteiger partial charge in [0, 0.05) is 10.5 Å². The lowest BCUT2D eigenvalue weighted by atomic mass is 10.1. The molecule has 0 aliphatic heterocycles. The molecule has 0 bridgehead atoms. The number of phenolic OH excluding ortho intramolecular Hbond substituents is 1. The first-order valence-corrected chi connectivity index (χ1v) is 8.64. The van der Waals surface area contributed by atoms with Crippen molar-refractivity contribution in [1.82, 2.24) is 9.97 Å². The van der Waals surface area contributed by atoms with E-state index in [1.54, 1.807) is 0 Å². The summed E-state index contributed by atoms with van der Waals surface area (Å²) in [5, 5.41) is 9.28. The minimum atomic E-state index is -4.96. The number of rotatable bonds is 3. The number of nitrogens with zero attached hydrogens (tertiary/aromatic N) is 2. The molecule has 0 spiro atoms. The van der Waals surface area contributed by atoms with Crippen molar-refractivity contribution >= 4 is 17.6 Å². The minimum absolute atomic E-state index is 0.00963. The van der Waals surface area contributed by atoms with Gasteiger partial charge in [-0.05, 0) is 42.5 Å². The van der Waals surface area contributed by atoms with E-state index in [-0.39, 0.29) is 33.2 Å². The van der Waals surface area contributed by atoms with Gasteiger partial charge in [-0.3, -0.25) is 0 Å². The van der Waals surface area contributed by atoms with Gasteiger partial charge in [0.1, 0.15) is 10.8 Å². The highest BCUT2D eigenvalue weighted by Crippen LogP contribution is 2.40. The second kappa shape index (κ2) is 7.47. The Bertz CT molecular complexity index is 1000. The molecule has 0 aliphatic rings. The van der Waals surface area contributed by atoms with Crippen molar-refractivity contribution in [3.05, 3.63) is 59.8 Å². The Balaban J connectivity index is 2.03. The van der Waals surface area contributed by atoms with Crippen molar-refractivity contribution < 1.29 is 31.4 Å². The number of hydrogen-bond donors (Lipinski definition) is 2. The third-order valence-corrected chi connectivity index (χ3v) is 4.67. The van der Waals surface area contributed by atoms with E-state index in [9.17, 15) is 31.4 Å². The first kappa shape index (κ1) is 20.8. The van der Waals surface area contributed by atoms with Crippen LogP contribution in [0.1, 0.15) is 11.1 Å². The molecule has 0 saturated carbocycles. The highest BCUT2D eigenvalue weighted by molar-refractivity contribution is 7.99. The Morgan fingerprint density at radius 3 is 1.93 bits per heavy atom. The summed E-state index contributed by atoms with van der Waals surface area (Å²) in [6.45, 7) is 0. The molecule has 0 saturated heterocycles. The molecule has 29 heavy (non-hydrogen) atoms. The van der Waals surface area contributed by atoms with Gasteiger partial charge in [0.05, 0.1) is 23.0 Å². The average Bonchev–Trinajstić information content (AvgIpc) is 2.62. The van der Waals surface area contributed by atoms with Gasteiger partial charge in [-0.1, -0.05) is 11.8 Å². The van der Waals surface area contributed by atoms with Gasteiger partial charge in [0.15, 0.2) is 5.82 Å². The maximum atomic E-state index is 13.0. The summed E-state index contributed by atoms with van der Waals surface area (Å²) < 4.78 is 78.1. The predicted octanol–water partition coefficient (Wildman–Crippen LogP) is 5.62. The van der Waals surface area contributed by atoms with Gasteiger partial charge in [0.25, 0.3) is 0 Å². The summed E-state index contributed by atoms with van der Waals surface area (Å²) in [6.07, 6.45) is -8.61. The number of anilines is 1. The van der Waals surface area contributed by atoms with E-state index in [1.807, 2.05) is 0 Å². The van der Waals surface area contributed by atoms with Crippen molar-refractivity contribution in [2.24, 2.45) is 0 Å².